The quantitative estimate of drug-likeness (QED) is 0.252. The second-order valence-electron chi connectivity index (χ2n) is 8.54. The maximum atomic E-state index is 12.5. The lowest BCUT2D eigenvalue weighted by atomic mass is 9.90. The number of amides is 1. The third-order valence-electron chi connectivity index (χ3n) is 6.36. The van der Waals surface area contributed by atoms with Crippen LogP contribution in [0, 0.1) is 0 Å². The van der Waals surface area contributed by atoms with E-state index in [2.05, 4.69) is 26.7 Å². The van der Waals surface area contributed by atoms with E-state index in [0.717, 1.165) is 31.5 Å². The van der Waals surface area contributed by atoms with E-state index < -0.39 is 5.91 Å². The minimum atomic E-state index is -0.651. The normalized spacial score (nSPS) is 14.4. The molecule has 2 aromatic carbocycles. The summed E-state index contributed by atoms with van der Waals surface area (Å²) in [6, 6.07) is 11.3. The van der Waals surface area contributed by atoms with E-state index in [9.17, 15) is 4.79 Å². The zero-order valence-corrected chi connectivity index (χ0v) is 20.9. The molecule has 5 rings (SSSR count). The second kappa shape index (κ2) is 10.0. The fraction of sp³-hybridized carbons (Fsp3) is 0.240. The fourth-order valence-corrected chi connectivity index (χ4v) is 5.32. The summed E-state index contributed by atoms with van der Waals surface area (Å²) in [5.41, 5.74) is 10.1. The van der Waals surface area contributed by atoms with Crippen LogP contribution in [0.25, 0.3) is 11.0 Å². The van der Waals surface area contributed by atoms with Gasteiger partial charge < -0.3 is 21.4 Å². The molecule has 4 aromatic rings. The van der Waals surface area contributed by atoms with E-state index in [1.165, 1.54) is 11.9 Å². The first-order valence-corrected chi connectivity index (χ1v) is 12.4. The maximum absolute atomic E-state index is 12.5. The van der Waals surface area contributed by atoms with Gasteiger partial charge in [0.25, 0.3) is 5.91 Å². The zero-order chi connectivity index (χ0) is 24.5. The number of fused-ring (bicyclic) bond motifs is 1. The second-order valence-corrected chi connectivity index (χ2v) is 9.76. The molecule has 0 aliphatic carbocycles. The van der Waals surface area contributed by atoms with E-state index in [0.29, 0.717) is 49.8 Å². The van der Waals surface area contributed by atoms with Gasteiger partial charge in [0.15, 0.2) is 0 Å². The summed E-state index contributed by atoms with van der Waals surface area (Å²) in [6.45, 7) is 1.99. The van der Waals surface area contributed by atoms with Crippen molar-refractivity contribution < 1.29 is 4.79 Å². The van der Waals surface area contributed by atoms with Crippen molar-refractivity contribution in [1.29, 1.82) is 0 Å². The summed E-state index contributed by atoms with van der Waals surface area (Å²) in [5, 5.41) is 8.18. The van der Waals surface area contributed by atoms with Gasteiger partial charge in [-0.25, -0.2) is 9.97 Å². The minimum Gasteiger partial charge on any atom is -0.365 e. The van der Waals surface area contributed by atoms with Crippen LogP contribution in [0.1, 0.15) is 45.9 Å². The molecule has 0 spiro atoms. The molecule has 0 atom stereocenters. The summed E-state index contributed by atoms with van der Waals surface area (Å²) in [5.74, 6) is 0.0863. The first-order chi connectivity index (χ1) is 16.9. The molecule has 0 radical (unpaired) electrons. The maximum Gasteiger partial charge on any atom is 0.254 e. The largest absolute Gasteiger partial charge is 0.365 e. The van der Waals surface area contributed by atoms with Crippen molar-refractivity contribution in [1.82, 2.24) is 20.3 Å². The lowest BCUT2D eigenvalue weighted by Gasteiger charge is -2.23. The molecule has 0 saturated carbocycles. The molecule has 5 N–H and O–H groups in total. The van der Waals surface area contributed by atoms with Gasteiger partial charge in [-0.3, -0.25) is 4.79 Å². The molecule has 10 heteroatoms. The Morgan fingerprint density at radius 2 is 1.83 bits per heavy atom. The molecule has 1 saturated heterocycles. The monoisotopic (exact) mass is 528 g/mol. The number of halogens is 3. The number of benzene rings is 2. The van der Waals surface area contributed by atoms with Crippen LogP contribution in [0.2, 0.25) is 15.1 Å². The Morgan fingerprint density at radius 3 is 2.51 bits per heavy atom. The molecule has 1 aliphatic heterocycles. The topological polar surface area (TPSA) is 109 Å². The summed E-state index contributed by atoms with van der Waals surface area (Å²) in [6.07, 6.45) is 3.97. The summed E-state index contributed by atoms with van der Waals surface area (Å²) >= 11 is 19.5. The molecule has 1 amide bonds. The lowest BCUT2D eigenvalue weighted by molar-refractivity contribution is 0.100. The number of nitrogens with one attached hydrogen (secondary N) is 3. The van der Waals surface area contributed by atoms with Gasteiger partial charge in [-0.05, 0) is 67.2 Å². The molecule has 7 nitrogen and oxygen atoms in total. The molecule has 3 heterocycles. The number of hydrogen-bond acceptors (Lipinski definition) is 5. The number of aromatic nitrogens is 3. The Morgan fingerprint density at radius 1 is 1.09 bits per heavy atom. The van der Waals surface area contributed by atoms with Crippen LogP contribution in [0.5, 0.6) is 0 Å². The number of piperidine rings is 1. The van der Waals surface area contributed by atoms with E-state index in [4.69, 9.17) is 45.5 Å². The number of H-pyrrole nitrogens is 1. The van der Waals surface area contributed by atoms with Crippen molar-refractivity contribution in [2.75, 3.05) is 18.4 Å². The number of hydrogen-bond donors (Lipinski definition) is 4. The van der Waals surface area contributed by atoms with Crippen molar-refractivity contribution in [2.24, 2.45) is 5.73 Å². The van der Waals surface area contributed by atoms with Gasteiger partial charge in [0.2, 0.25) is 0 Å². The van der Waals surface area contributed by atoms with Gasteiger partial charge in [0, 0.05) is 16.5 Å². The van der Waals surface area contributed by atoms with Gasteiger partial charge in [-0.2, -0.15) is 0 Å². The first-order valence-electron chi connectivity index (χ1n) is 11.3. The number of aromatic amines is 1. The van der Waals surface area contributed by atoms with Crippen LogP contribution in [0.15, 0.2) is 42.7 Å². The van der Waals surface area contributed by atoms with Gasteiger partial charge in [-0.1, -0.05) is 46.9 Å². The molecule has 1 fully saturated rings. The predicted octanol–water partition coefficient (Wildman–Crippen LogP) is 5.82. The van der Waals surface area contributed by atoms with Crippen LogP contribution >= 0.6 is 34.8 Å². The van der Waals surface area contributed by atoms with E-state index >= 15 is 0 Å². The Kier molecular flexibility index (Phi) is 6.84. The van der Waals surface area contributed by atoms with Crippen molar-refractivity contribution >= 4 is 63.2 Å². The highest BCUT2D eigenvalue weighted by Gasteiger charge is 2.23. The first kappa shape index (κ1) is 23.9. The molecule has 35 heavy (non-hydrogen) atoms. The molecule has 1 aliphatic rings. The number of carbonyl (C=O) groups excluding carboxylic acids is 1. The van der Waals surface area contributed by atoms with Crippen LogP contribution < -0.4 is 16.4 Å². The highest BCUT2D eigenvalue weighted by Crippen LogP contribution is 2.35. The number of rotatable bonds is 6. The lowest BCUT2D eigenvalue weighted by Crippen LogP contribution is -2.26. The van der Waals surface area contributed by atoms with Gasteiger partial charge >= 0.3 is 0 Å². The van der Waals surface area contributed by atoms with Gasteiger partial charge in [-0.15, -0.1) is 0 Å². The average molecular weight is 530 g/mol. The standard InChI is InChI=1S/C25H23Cl3N6O/c26-16-2-1-3-17(27)15(16)11-20-22-23(32-12-31-22)21(24(29)35)25(34-20)33-19-5-4-14(10-18(19)28)13-6-8-30-9-7-13/h1-5,10,12-13,30H,6-9,11H2,(H2,29,35)(H,31,32)(H,33,34). The predicted molar refractivity (Wildman–Crippen MR) is 141 cm³/mol. The molecule has 180 valence electrons. The van der Waals surface area contributed by atoms with Crippen molar-refractivity contribution in [2.45, 2.75) is 25.2 Å². The number of pyridine rings is 1. The van der Waals surface area contributed by atoms with E-state index in [1.54, 1.807) is 18.2 Å². The van der Waals surface area contributed by atoms with Crippen molar-refractivity contribution in [3.8, 4) is 0 Å². The van der Waals surface area contributed by atoms with Gasteiger partial charge in [0.05, 0.1) is 28.2 Å². The molecule has 2 aromatic heterocycles. The summed E-state index contributed by atoms with van der Waals surface area (Å²) in [4.78, 5) is 24.6. The van der Waals surface area contributed by atoms with Crippen LogP contribution in [0.3, 0.4) is 0 Å². The average Bonchev–Trinajstić information content (AvgIpc) is 3.33. The number of anilines is 2. The van der Waals surface area contributed by atoms with E-state index in [-0.39, 0.29) is 11.4 Å². The molecular formula is C25H23Cl3N6O. The molecule has 0 unspecified atom stereocenters. The highest BCUT2D eigenvalue weighted by atomic mass is 35.5. The smallest absolute Gasteiger partial charge is 0.254 e. The number of imidazole rings is 1. The Hall–Kier alpha value is -2.84. The molecule has 0 bridgehead atoms. The number of primary amides is 1. The van der Waals surface area contributed by atoms with Crippen LogP contribution in [0.4, 0.5) is 11.5 Å². The molecular weight excluding hydrogens is 507 g/mol. The number of carbonyl (C=O) groups is 1. The van der Waals surface area contributed by atoms with Gasteiger partial charge in [0.1, 0.15) is 16.9 Å². The van der Waals surface area contributed by atoms with Crippen molar-refractivity contribution in [3.63, 3.8) is 0 Å². The third-order valence-corrected chi connectivity index (χ3v) is 7.38. The van der Waals surface area contributed by atoms with Crippen molar-refractivity contribution in [3.05, 3.63) is 80.2 Å². The van der Waals surface area contributed by atoms with Crippen LogP contribution in [-0.2, 0) is 6.42 Å². The summed E-state index contributed by atoms with van der Waals surface area (Å²) < 4.78 is 0. The third kappa shape index (κ3) is 4.82. The number of nitrogens with zero attached hydrogens (tertiary/aromatic N) is 2. The minimum absolute atomic E-state index is 0.175. The zero-order valence-electron chi connectivity index (χ0n) is 18.7. The summed E-state index contributed by atoms with van der Waals surface area (Å²) in [7, 11) is 0. The Labute approximate surface area is 217 Å². The van der Waals surface area contributed by atoms with E-state index in [1.807, 2.05) is 12.1 Å². The Balaban J connectivity index is 1.55. The SMILES string of the molecule is NC(=O)c1c(Nc2ccc(C3CCNCC3)cc2Cl)nc(Cc2c(Cl)cccc2Cl)c2[nH]cnc12. The highest BCUT2D eigenvalue weighted by molar-refractivity contribution is 6.36. The van der Waals surface area contributed by atoms with Crippen LogP contribution in [-0.4, -0.2) is 33.9 Å². The Bertz CT molecular complexity index is 1390. The number of nitrogens with two attached hydrogens (primary N) is 1. The fourth-order valence-electron chi connectivity index (χ4n) is 4.55.